The van der Waals surface area contributed by atoms with Gasteiger partial charge >= 0.3 is 20.8 Å². The molecule has 0 radical (unpaired) electrons. The van der Waals surface area contributed by atoms with Crippen molar-refractivity contribution in [3.63, 3.8) is 0 Å². The highest BCUT2D eigenvalue weighted by molar-refractivity contribution is 7.92. The molecule has 0 heterocycles. The van der Waals surface area contributed by atoms with Gasteiger partial charge in [0.2, 0.25) is 10.9 Å². The van der Waals surface area contributed by atoms with Crippen molar-refractivity contribution in [2.45, 2.75) is 24.5 Å². The van der Waals surface area contributed by atoms with E-state index >= 15 is 0 Å². The molecule has 0 aromatic heterocycles. The quantitative estimate of drug-likeness (QED) is 0.0291. The van der Waals surface area contributed by atoms with Gasteiger partial charge in [-0.3, -0.25) is 43.2 Å². The summed E-state index contributed by atoms with van der Waals surface area (Å²) in [5, 5.41) is 22.2. The maximum Gasteiger partial charge on any atom is 0.397 e. The number of phenols is 1. The molecule has 65 heavy (non-hydrogen) atoms. The van der Waals surface area contributed by atoms with Crippen LogP contribution >= 0.6 is 0 Å². The summed E-state index contributed by atoms with van der Waals surface area (Å²) in [6.07, 6.45) is 0. The van der Waals surface area contributed by atoms with Crippen molar-refractivity contribution >= 4 is 93.6 Å². The Bertz CT molecular complexity index is 3670. The van der Waals surface area contributed by atoms with E-state index in [1.165, 1.54) is 6.07 Å². The Morgan fingerprint density at radius 3 is 1.45 bits per heavy atom. The second kappa shape index (κ2) is 19.1. The van der Waals surface area contributed by atoms with Gasteiger partial charge in [-0.2, -0.15) is 52.3 Å². The lowest BCUT2D eigenvalue weighted by molar-refractivity contribution is 0.282. The zero-order valence-electron chi connectivity index (χ0n) is 31.3. The Kier molecular flexibility index (Phi) is 15.3. The zero-order valence-corrected chi connectivity index (χ0v) is 37.0. The second-order valence-electron chi connectivity index (χ2n) is 12.0. The number of rotatable bonds is 19. The van der Waals surface area contributed by atoms with Gasteiger partial charge in [0.15, 0.2) is 41.8 Å². The number of azo groups is 1. The molecule has 0 bridgehead atoms. The first-order valence-electron chi connectivity index (χ1n) is 16.2. The average Bonchev–Trinajstić information content (AvgIpc) is 3.15. The van der Waals surface area contributed by atoms with Crippen molar-refractivity contribution in [3.8, 4) is 5.75 Å². The zero-order chi connectivity index (χ0) is 49.1. The SMILES string of the molecule is O=c1c(N=Nc2ccc(S(=O)(=O)CCOS(=O)(=O)O)cc2S(=O)(=O)O)c(O)c(=NNc2ccc(S(=O)(=O)CCOS(=O)(=O)O)cc2S(=O)(=O)O)c(=O)c1=NNc1ccccc1S(=O)(=O)O. The summed E-state index contributed by atoms with van der Waals surface area (Å²) in [7, 11) is -35.5. The predicted molar refractivity (Wildman–Crippen MR) is 213 cm³/mol. The van der Waals surface area contributed by atoms with Gasteiger partial charge in [-0.25, -0.2) is 25.2 Å². The minimum atomic E-state index is -5.49. The lowest BCUT2D eigenvalue weighted by Gasteiger charge is -2.10. The van der Waals surface area contributed by atoms with E-state index in [1.807, 2.05) is 10.9 Å². The van der Waals surface area contributed by atoms with Crippen LogP contribution in [-0.4, -0.2) is 112 Å². The van der Waals surface area contributed by atoms with E-state index in [-0.39, 0.29) is 6.07 Å². The minimum Gasteiger partial charge on any atom is -0.504 e. The number of benzene rings is 4. The molecule has 0 unspecified atom stereocenters. The number of nitrogens with zero attached hydrogens (tertiary/aromatic N) is 4. The van der Waals surface area contributed by atoms with Crippen LogP contribution < -0.4 is 32.4 Å². The maximum absolute atomic E-state index is 13.6. The Balaban J connectivity index is 1.96. The summed E-state index contributed by atoms with van der Waals surface area (Å²) in [4.78, 5) is 21.9. The Morgan fingerprint density at radius 2 is 0.954 bits per heavy atom. The van der Waals surface area contributed by atoms with Crippen molar-refractivity contribution in [2.24, 2.45) is 20.4 Å². The molecular formula is C28H26N6O24S7. The van der Waals surface area contributed by atoms with E-state index in [0.717, 1.165) is 18.2 Å². The molecule has 8 N–H and O–H groups in total. The number of aromatic hydroxyl groups is 1. The Labute approximate surface area is 364 Å². The van der Waals surface area contributed by atoms with Gasteiger partial charge in [0.1, 0.15) is 20.4 Å². The van der Waals surface area contributed by atoms with Crippen molar-refractivity contribution < 1.29 is 95.2 Å². The first-order chi connectivity index (χ1) is 29.6. The third-order valence-electron chi connectivity index (χ3n) is 7.63. The van der Waals surface area contributed by atoms with Gasteiger partial charge in [-0.1, -0.05) is 12.1 Å². The van der Waals surface area contributed by atoms with Crippen LogP contribution in [0.15, 0.2) is 115 Å². The summed E-state index contributed by atoms with van der Waals surface area (Å²) in [6.45, 7) is -2.33. The Hall–Kier alpha value is -5.55. The molecule has 4 aromatic rings. The van der Waals surface area contributed by atoms with Crippen LogP contribution in [-0.2, 0) is 79.2 Å². The van der Waals surface area contributed by atoms with Crippen LogP contribution in [0.4, 0.5) is 22.7 Å². The molecule has 0 amide bonds. The molecule has 0 saturated heterocycles. The van der Waals surface area contributed by atoms with Gasteiger partial charge < -0.3 is 5.11 Å². The lowest BCUT2D eigenvalue weighted by Crippen LogP contribution is -2.48. The van der Waals surface area contributed by atoms with E-state index in [9.17, 15) is 87.3 Å². The first kappa shape index (κ1) is 52.1. The molecule has 37 heteroatoms. The monoisotopic (exact) mass is 1050 g/mol. The summed E-state index contributed by atoms with van der Waals surface area (Å²) in [5.74, 6) is -3.96. The number of hydrogen-bond donors (Lipinski definition) is 8. The molecule has 0 aliphatic heterocycles. The fourth-order valence-corrected chi connectivity index (χ4v) is 9.91. The molecule has 0 aliphatic carbocycles. The molecule has 0 fully saturated rings. The van der Waals surface area contributed by atoms with Gasteiger partial charge in [0.25, 0.3) is 30.4 Å². The van der Waals surface area contributed by atoms with Gasteiger partial charge in [0, 0.05) is 0 Å². The van der Waals surface area contributed by atoms with Gasteiger partial charge in [-0.15, -0.1) is 10.2 Å². The highest BCUT2D eigenvalue weighted by atomic mass is 32.3. The maximum atomic E-state index is 13.6. The molecule has 0 saturated carbocycles. The fourth-order valence-electron chi connectivity index (χ4n) is 4.79. The van der Waals surface area contributed by atoms with E-state index in [1.54, 1.807) is 0 Å². The number of sulfone groups is 2. The minimum absolute atomic E-state index is 0.282. The average molecular weight is 1060 g/mol. The standard InChI is InChI=1S/C28H26N6O24S7/c35-26-23(32-29-17-3-1-2-4-20(17)61(42,43)44)27(36)25(34-31-19-8-6-16(14-22(19)63(48,49)50)60(40,41)12-10-58-65(54,55)56)28(37)24(26)33-30-18-7-5-15(13-21(18)62(45,46)47)59(38,39)11-9-57-64(51,52)53/h1-8,13-14,29-30,37H,9-12H2,(H,42,43,44)(H,45,46,47)(H,48,49,50)(H,51,52,53)(H,54,55,56). The number of anilines is 2. The third kappa shape index (κ3) is 13.7. The number of hydrogen-bond acceptors (Lipinski definition) is 25. The second-order valence-corrected chi connectivity index (χ2v) is 22.6. The third-order valence-corrected chi connectivity index (χ3v) is 14.6. The van der Waals surface area contributed by atoms with Crippen molar-refractivity contribution in [3.05, 3.63) is 91.8 Å². The van der Waals surface area contributed by atoms with Crippen LogP contribution in [0, 0.1) is 0 Å². The molecule has 0 aliphatic rings. The lowest BCUT2D eigenvalue weighted by atomic mass is 10.2. The molecule has 354 valence electrons. The summed E-state index contributed by atoms with van der Waals surface area (Å²) in [5.41, 5.74) is -3.42. The summed E-state index contributed by atoms with van der Waals surface area (Å²) >= 11 is 0. The predicted octanol–water partition coefficient (Wildman–Crippen LogP) is -1.81. The topological polar surface area (TPSA) is 486 Å². The molecule has 4 aromatic carbocycles. The molecule has 0 atom stereocenters. The molecule has 0 spiro atoms. The molecule has 4 rings (SSSR count). The Morgan fingerprint density at radius 1 is 0.508 bits per heavy atom. The van der Waals surface area contributed by atoms with E-state index < -0.39 is 170 Å². The largest absolute Gasteiger partial charge is 0.504 e. The molecule has 30 nitrogen and oxygen atoms in total. The van der Waals surface area contributed by atoms with Gasteiger partial charge in [-0.05, 0) is 48.5 Å². The smallest absolute Gasteiger partial charge is 0.397 e. The highest BCUT2D eigenvalue weighted by Crippen LogP contribution is 2.30. The fraction of sp³-hybridized carbons (Fsp3) is 0.143. The highest BCUT2D eigenvalue weighted by Gasteiger charge is 2.26. The first-order valence-corrected chi connectivity index (χ1v) is 26.6. The number of nitrogens with one attached hydrogen (secondary N) is 2. The van der Waals surface area contributed by atoms with Crippen LogP contribution in [0.25, 0.3) is 0 Å². The summed E-state index contributed by atoms with van der Waals surface area (Å²) < 4.78 is 222. The van der Waals surface area contributed by atoms with E-state index in [4.69, 9.17) is 9.11 Å². The van der Waals surface area contributed by atoms with E-state index in [0.29, 0.717) is 30.3 Å². The number of phenolic OH excluding ortho intramolecular Hbond substituents is 1. The van der Waals surface area contributed by atoms with Crippen molar-refractivity contribution in [1.82, 2.24) is 0 Å². The van der Waals surface area contributed by atoms with Gasteiger partial charge in [0.05, 0.1) is 45.9 Å². The van der Waals surface area contributed by atoms with Crippen molar-refractivity contribution in [1.29, 1.82) is 0 Å². The van der Waals surface area contributed by atoms with E-state index in [2.05, 4.69) is 28.8 Å². The van der Waals surface area contributed by atoms with Crippen LogP contribution in [0.2, 0.25) is 0 Å². The van der Waals surface area contributed by atoms with Crippen LogP contribution in [0.1, 0.15) is 0 Å². The van der Waals surface area contributed by atoms with Crippen molar-refractivity contribution in [2.75, 3.05) is 35.6 Å². The normalized spacial score (nSPS) is 13.9. The van der Waals surface area contributed by atoms with Crippen LogP contribution in [0.5, 0.6) is 5.75 Å². The molecular weight excluding hydrogens is 1030 g/mol. The summed E-state index contributed by atoms with van der Waals surface area (Å²) in [6, 6.07) is 7.18. The number of para-hydroxylation sites is 1. The van der Waals surface area contributed by atoms with Crippen LogP contribution in [0.3, 0.4) is 0 Å².